The number of hydrogen-bond donors (Lipinski definition) is 2. The highest BCUT2D eigenvalue weighted by atomic mass is 79.9. The number of rotatable bonds is 6. The lowest BCUT2D eigenvalue weighted by atomic mass is 10.1. The summed E-state index contributed by atoms with van der Waals surface area (Å²) in [5.74, 6) is -2.31. The summed E-state index contributed by atoms with van der Waals surface area (Å²) in [5, 5.41) is 11.3. The second-order valence-corrected chi connectivity index (χ2v) is 4.66. The van der Waals surface area contributed by atoms with Crippen molar-refractivity contribution in [1.82, 2.24) is 10.3 Å². The maximum absolute atomic E-state index is 11.8. The van der Waals surface area contributed by atoms with Crippen LogP contribution >= 0.6 is 15.9 Å². The van der Waals surface area contributed by atoms with Gasteiger partial charge in [-0.05, 0) is 34.5 Å². The van der Waals surface area contributed by atoms with Gasteiger partial charge in [0.05, 0.1) is 12.7 Å². The summed E-state index contributed by atoms with van der Waals surface area (Å²) < 4.78 is 4.99. The Balaban J connectivity index is 2.65. The van der Waals surface area contributed by atoms with Gasteiger partial charge in [0.1, 0.15) is 10.6 Å². The summed E-state index contributed by atoms with van der Waals surface area (Å²) in [6.07, 6.45) is 1.18. The summed E-state index contributed by atoms with van der Waals surface area (Å²) in [6.45, 7) is 0. The van der Waals surface area contributed by atoms with Gasteiger partial charge in [-0.2, -0.15) is 0 Å². The minimum absolute atomic E-state index is 0.0439. The van der Waals surface area contributed by atoms with Crippen molar-refractivity contribution in [2.45, 2.75) is 18.9 Å². The molecule has 20 heavy (non-hydrogen) atoms. The maximum Gasteiger partial charge on any atom is 0.326 e. The van der Waals surface area contributed by atoms with Gasteiger partial charge in [0, 0.05) is 12.6 Å². The van der Waals surface area contributed by atoms with Crippen molar-refractivity contribution in [2.24, 2.45) is 0 Å². The number of ether oxygens (including phenoxy) is 1. The molecule has 0 aromatic carbocycles. The molecule has 1 atom stereocenters. The Morgan fingerprint density at radius 1 is 1.45 bits per heavy atom. The van der Waals surface area contributed by atoms with Gasteiger partial charge in [-0.15, -0.1) is 0 Å². The highest BCUT2D eigenvalue weighted by molar-refractivity contribution is 9.10. The number of nitrogens with zero attached hydrogens (tertiary/aromatic N) is 1. The van der Waals surface area contributed by atoms with Crippen molar-refractivity contribution < 1.29 is 24.2 Å². The number of aromatic nitrogens is 1. The van der Waals surface area contributed by atoms with E-state index in [9.17, 15) is 14.4 Å². The predicted molar refractivity (Wildman–Crippen MR) is 72.1 cm³/mol. The molecule has 1 aromatic rings. The topological polar surface area (TPSA) is 106 Å². The zero-order valence-electron chi connectivity index (χ0n) is 10.6. The number of nitrogens with one attached hydrogen (secondary N) is 1. The molecule has 0 radical (unpaired) electrons. The average molecular weight is 345 g/mol. The Bertz CT molecular complexity index is 503. The number of methoxy groups -OCH3 is 1. The molecule has 8 heteroatoms. The Labute approximate surface area is 123 Å². The van der Waals surface area contributed by atoms with Crippen molar-refractivity contribution in [2.75, 3.05) is 7.11 Å². The Kier molecular flexibility index (Phi) is 6.10. The summed E-state index contributed by atoms with van der Waals surface area (Å²) >= 11 is 3.13. The highest BCUT2D eigenvalue weighted by Gasteiger charge is 2.21. The lowest BCUT2D eigenvalue weighted by molar-refractivity contribution is -0.142. The van der Waals surface area contributed by atoms with Crippen molar-refractivity contribution in [3.05, 3.63) is 28.5 Å². The van der Waals surface area contributed by atoms with Crippen molar-refractivity contribution in [3.63, 3.8) is 0 Å². The fourth-order valence-electron chi connectivity index (χ4n) is 1.37. The third-order valence-electron chi connectivity index (χ3n) is 2.46. The molecule has 7 nitrogen and oxygen atoms in total. The van der Waals surface area contributed by atoms with Gasteiger partial charge in [-0.3, -0.25) is 9.59 Å². The van der Waals surface area contributed by atoms with Crippen LogP contribution in [0.3, 0.4) is 0 Å². The number of pyridine rings is 1. The summed E-state index contributed by atoms with van der Waals surface area (Å²) in [6, 6.07) is 1.91. The fourth-order valence-corrected chi connectivity index (χ4v) is 1.61. The van der Waals surface area contributed by atoms with E-state index in [1.54, 1.807) is 6.07 Å². The largest absolute Gasteiger partial charge is 0.480 e. The molecule has 2 N–H and O–H groups in total. The van der Waals surface area contributed by atoms with Gasteiger partial charge < -0.3 is 15.2 Å². The van der Waals surface area contributed by atoms with Crippen LogP contribution in [0.5, 0.6) is 0 Å². The number of hydrogen-bond acceptors (Lipinski definition) is 5. The maximum atomic E-state index is 11.8. The summed E-state index contributed by atoms with van der Waals surface area (Å²) in [4.78, 5) is 37.7. The van der Waals surface area contributed by atoms with Gasteiger partial charge in [0.25, 0.3) is 5.91 Å². The van der Waals surface area contributed by atoms with E-state index in [2.05, 4.69) is 31.0 Å². The molecule has 1 aromatic heterocycles. The number of carbonyl (C=O) groups is 3. The molecule has 0 saturated carbocycles. The SMILES string of the molecule is COC(=O)CC[C@@H](NC(=O)c1ccc(Br)nc1)C(=O)O. The predicted octanol–water partition coefficient (Wildman–Crippen LogP) is 0.980. The molecule has 0 spiro atoms. The van der Waals surface area contributed by atoms with Gasteiger partial charge in [-0.25, -0.2) is 9.78 Å². The van der Waals surface area contributed by atoms with E-state index in [0.29, 0.717) is 4.60 Å². The second kappa shape index (κ2) is 7.59. The van der Waals surface area contributed by atoms with Crippen LogP contribution in [0.2, 0.25) is 0 Å². The molecule has 1 rings (SSSR count). The molecule has 1 amide bonds. The quantitative estimate of drug-likeness (QED) is 0.588. The van der Waals surface area contributed by atoms with E-state index in [4.69, 9.17) is 5.11 Å². The van der Waals surface area contributed by atoms with Crippen LogP contribution in [0.1, 0.15) is 23.2 Å². The molecule has 1 heterocycles. The number of carboxylic acid groups (broad SMARTS) is 1. The molecule has 0 bridgehead atoms. The molecule has 108 valence electrons. The number of halogens is 1. The zero-order valence-corrected chi connectivity index (χ0v) is 12.2. The van der Waals surface area contributed by atoms with Crippen LogP contribution in [0.25, 0.3) is 0 Å². The van der Waals surface area contributed by atoms with Gasteiger partial charge in [0.15, 0.2) is 0 Å². The second-order valence-electron chi connectivity index (χ2n) is 3.85. The number of carbonyl (C=O) groups excluding carboxylic acids is 2. The first-order chi connectivity index (χ1) is 9.43. The van der Waals surface area contributed by atoms with Crippen LogP contribution in [0.4, 0.5) is 0 Å². The van der Waals surface area contributed by atoms with Crippen LogP contribution in [-0.4, -0.2) is 41.1 Å². The number of carboxylic acids is 1. The van der Waals surface area contributed by atoms with Crippen molar-refractivity contribution >= 4 is 33.8 Å². The Hall–Kier alpha value is -1.96. The lowest BCUT2D eigenvalue weighted by Gasteiger charge is -2.13. The van der Waals surface area contributed by atoms with Crippen LogP contribution in [0.15, 0.2) is 22.9 Å². The normalized spacial score (nSPS) is 11.5. The molecule has 0 saturated heterocycles. The molecule has 0 fully saturated rings. The van der Waals surface area contributed by atoms with E-state index in [0.717, 1.165) is 0 Å². The van der Waals surface area contributed by atoms with Gasteiger partial charge in [-0.1, -0.05) is 0 Å². The van der Waals surface area contributed by atoms with Gasteiger partial charge in [0.2, 0.25) is 0 Å². The standard InChI is InChI=1S/C12H13BrN2O5/c1-20-10(16)5-3-8(12(18)19)15-11(17)7-2-4-9(13)14-6-7/h2,4,6,8H,3,5H2,1H3,(H,15,17)(H,18,19)/t8-/m1/s1. The molecule has 0 aliphatic rings. The van der Waals surface area contributed by atoms with Crippen molar-refractivity contribution in [1.29, 1.82) is 0 Å². The third-order valence-corrected chi connectivity index (χ3v) is 2.93. The number of aliphatic carboxylic acids is 1. The number of esters is 1. The van der Waals surface area contributed by atoms with E-state index in [-0.39, 0.29) is 18.4 Å². The first-order valence-corrected chi connectivity index (χ1v) is 6.45. The summed E-state index contributed by atoms with van der Waals surface area (Å²) in [5.41, 5.74) is 0.234. The molecule has 0 aliphatic carbocycles. The summed E-state index contributed by atoms with van der Waals surface area (Å²) in [7, 11) is 1.21. The fraction of sp³-hybridized carbons (Fsp3) is 0.333. The number of amides is 1. The third kappa shape index (κ3) is 4.96. The lowest BCUT2D eigenvalue weighted by Crippen LogP contribution is -2.41. The Morgan fingerprint density at radius 3 is 2.65 bits per heavy atom. The van der Waals surface area contributed by atoms with E-state index in [1.165, 1.54) is 19.4 Å². The minimum atomic E-state index is -1.22. The first kappa shape index (κ1) is 16.1. The van der Waals surface area contributed by atoms with Gasteiger partial charge >= 0.3 is 11.9 Å². The molecule has 0 unspecified atom stereocenters. The van der Waals surface area contributed by atoms with Crippen molar-refractivity contribution in [3.8, 4) is 0 Å². The first-order valence-electron chi connectivity index (χ1n) is 5.66. The zero-order chi connectivity index (χ0) is 15.1. The molecule has 0 aliphatic heterocycles. The van der Waals surface area contributed by atoms with E-state index < -0.39 is 23.9 Å². The highest BCUT2D eigenvalue weighted by Crippen LogP contribution is 2.07. The molecular formula is C12H13BrN2O5. The van der Waals surface area contributed by atoms with Crippen LogP contribution < -0.4 is 5.32 Å². The smallest absolute Gasteiger partial charge is 0.326 e. The monoisotopic (exact) mass is 344 g/mol. The van der Waals surface area contributed by atoms with Crippen LogP contribution in [0, 0.1) is 0 Å². The van der Waals surface area contributed by atoms with E-state index in [1.807, 2.05) is 0 Å². The van der Waals surface area contributed by atoms with E-state index >= 15 is 0 Å². The average Bonchev–Trinajstić information content (AvgIpc) is 2.43. The molecular weight excluding hydrogens is 332 g/mol. The minimum Gasteiger partial charge on any atom is -0.480 e. The Morgan fingerprint density at radius 2 is 2.15 bits per heavy atom. The van der Waals surface area contributed by atoms with Crippen LogP contribution in [-0.2, 0) is 14.3 Å².